The van der Waals surface area contributed by atoms with Crippen LogP contribution >= 0.6 is 12.4 Å². The molecule has 0 aliphatic rings. The van der Waals surface area contributed by atoms with E-state index in [0.717, 1.165) is 24.5 Å². The minimum atomic E-state index is -3.64. The molecule has 0 aromatic heterocycles. The van der Waals surface area contributed by atoms with Gasteiger partial charge in [0.2, 0.25) is 0 Å². The molecule has 0 aliphatic heterocycles. The molecule has 0 saturated heterocycles. The maximum atomic E-state index is 11.9. The summed E-state index contributed by atoms with van der Waals surface area (Å²) < 4.78 is 23.0. The van der Waals surface area contributed by atoms with Crippen molar-refractivity contribution in [3.63, 3.8) is 0 Å². The van der Waals surface area contributed by atoms with Crippen molar-refractivity contribution in [1.29, 1.82) is 0 Å². The summed E-state index contributed by atoms with van der Waals surface area (Å²) in [5, 5.41) is 16.3. The van der Waals surface area contributed by atoms with Gasteiger partial charge in [-0.3, -0.25) is 14.9 Å². The third kappa shape index (κ3) is 5.96. The van der Waals surface area contributed by atoms with Gasteiger partial charge in [-0.05, 0) is 26.1 Å². The van der Waals surface area contributed by atoms with Gasteiger partial charge in [-0.25, -0.2) is 8.42 Å². The van der Waals surface area contributed by atoms with Crippen molar-refractivity contribution in [2.45, 2.75) is 11.3 Å². The van der Waals surface area contributed by atoms with Crippen molar-refractivity contribution in [3.05, 3.63) is 33.9 Å². The van der Waals surface area contributed by atoms with Crippen LogP contribution < -0.4 is 10.6 Å². The van der Waals surface area contributed by atoms with E-state index in [9.17, 15) is 23.3 Å². The van der Waals surface area contributed by atoms with Crippen molar-refractivity contribution in [2.24, 2.45) is 0 Å². The van der Waals surface area contributed by atoms with Crippen LogP contribution in [0.15, 0.2) is 23.1 Å². The molecule has 124 valence electrons. The highest BCUT2D eigenvalue weighted by atomic mass is 35.5. The molecule has 1 aromatic rings. The zero-order chi connectivity index (χ0) is 16.0. The fourth-order valence-electron chi connectivity index (χ4n) is 1.60. The summed E-state index contributed by atoms with van der Waals surface area (Å²) >= 11 is 0. The Morgan fingerprint density at radius 3 is 2.41 bits per heavy atom. The number of amides is 1. The van der Waals surface area contributed by atoms with Crippen molar-refractivity contribution in [2.75, 3.05) is 26.4 Å². The fourth-order valence-corrected chi connectivity index (χ4v) is 2.28. The first-order valence-corrected chi connectivity index (χ1v) is 8.07. The average molecular weight is 352 g/mol. The highest BCUT2D eigenvalue weighted by Gasteiger charge is 2.18. The van der Waals surface area contributed by atoms with E-state index in [1.165, 1.54) is 0 Å². The maximum Gasteiger partial charge on any atom is 0.271 e. The predicted octanol–water partition coefficient (Wildman–Crippen LogP) is 0.759. The number of nitrogens with zero attached hydrogens (tertiary/aromatic N) is 1. The SMILES string of the molecule is CNCCCNC(=O)c1cc([N+](=O)[O-])cc(S(C)(=O)=O)c1.Cl. The number of sulfone groups is 1. The second-order valence-electron chi connectivity index (χ2n) is 4.46. The number of nitrogens with one attached hydrogen (secondary N) is 2. The molecule has 8 nitrogen and oxygen atoms in total. The van der Waals surface area contributed by atoms with E-state index in [4.69, 9.17) is 0 Å². The lowest BCUT2D eigenvalue weighted by Gasteiger charge is -2.07. The van der Waals surface area contributed by atoms with Crippen LogP contribution in [0, 0.1) is 10.1 Å². The number of nitro groups is 1. The van der Waals surface area contributed by atoms with E-state index < -0.39 is 26.4 Å². The minimum absolute atomic E-state index is 0. The van der Waals surface area contributed by atoms with Gasteiger partial charge in [0.1, 0.15) is 0 Å². The molecule has 0 fully saturated rings. The summed E-state index contributed by atoms with van der Waals surface area (Å²) in [6, 6.07) is 3.13. The van der Waals surface area contributed by atoms with E-state index in [1.807, 2.05) is 0 Å². The van der Waals surface area contributed by atoms with Gasteiger partial charge in [0.15, 0.2) is 9.84 Å². The standard InChI is InChI=1S/C12H17N3O5S.ClH/c1-13-4-3-5-14-12(16)9-6-10(15(17)18)8-11(7-9)21(2,19)20;/h6-8,13H,3-5H2,1-2H3,(H,14,16);1H. The first-order valence-electron chi connectivity index (χ1n) is 6.18. The number of benzene rings is 1. The number of hydrogen-bond acceptors (Lipinski definition) is 6. The number of carbonyl (C=O) groups excluding carboxylic acids is 1. The minimum Gasteiger partial charge on any atom is -0.352 e. The smallest absolute Gasteiger partial charge is 0.271 e. The fraction of sp³-hybridized carbons (Fsp3) is 0.417. The highest BCUT2D eigenvalue weighted by Crippen LogP contribution is 2.20. The molecule has 0 heterocycles. The highest BCUT2D eigenvalue weighted by molar-refractivity contribution is 7.90. The predicted molar refractivity (Wildman–Crippen MR) is 84.3 cm³/mol. The summed E-state index contributed by atoms with van der Waals surface area (Å²) in [5.74, 6) is -0.542. The van der Waals surface area contributed by atoms with Crippen LogP contribution in [0.25, 0.3) is 0 Å². The molecule has 0 atom stereocenters. The number of carbonyl (C=O) groups is 1. The molecule has 0 radical (unpaired) electrons. The van der Waals surface area contributed by atoms with Crippen LogP contribution in [0.2, 0.25) is 0 Å². The number of non-ortho nitro benzene ring substituents is 1. The Morgan fingerprint density at radius 2 is 1.91 bits per heavy atom. The summed E-state index contributed by atoms with van der Waals surface area (Å²) in [5.41, 5.74) is -0.479. The third-order valence-electron chi connectivity index (χ3n) is 2.68. The van der Waals surface area contributed by atoms with Gasteiger partial charge >= 0.3 is 0 Å². The van der Waals surface area contributed by atoms with E-state index in [2.05, 4.69) is 10.6 Å². The van der Waals surface area contributed by atoms with Crippen LogP contribution in [-0.4, -0.2) is 45.6 Å². The van der Waals surface area contributed by atoms with Crippen LogP contribution in [0.4, 0.5) is 5.69 Å². The first-order chi connectivity index (χ1) is 9.75. The van der Waals surface area contributed by atoms with E-state index in [1.54, 1.807) is 7.05 Å². The molecule has 1 amide bonds. The van der Waals surface area contributed by atoms with Crippen LogP contribution in [0.1, 0.15) is 16.8 Å². The molecule has 0 spiro atoms. The van der Waals surface area contributed by atoms with Crippen LogP contribution in [0.3, 0.4) is 0 Å². The Morgan fingerprint density at radius 1 is 1.27 bits per heavy atom. The molecule has 0 saturated carbocycles. The second-order valence-corrected chi connectivity index (χ2v) is 6.47. The molecule has 1 rings (SSSR count). The normalized spacial score (nSPS) is 10.6. The lowest BCUT2D eigenvalue weighted by molar-refractivity contribution is -0.385. The molecule has 1 aromatic carbocycles. The second kappa shape index (κ2) is 8.66. The maximum absolute atomic E-state index is 11.9. The lowest BCUT2D eigenvalue weighted by atomic mass is 10.2. The molecule has 22 heavy (non-hydrogen) atoms. The van der Waals surface area contributed by atoms with Crippen molar-refractivity contribution in [3.8, 4) is 0 Å². The molecule has 10 heteroatoms. The van der Waals surface area contributed by atoms with Gasteiger partial charge in [0, 0.05) is 30.5 Å². The molecular formula is C12H18ClN3O5S. The zero-order valence-electron chi connectivity index (χ0n) is 12.2. The van der Waals surface area contributed by atoms with Gasteiger partial charge in [-0.1, -0.05) is 0 Å². The van der Waals surface area contributed by atoms with Crippen LogP contribution in [-0.2, 0) is 9.84 Å². The first kappa shape index (κ1) is 20.3. The third-order valence-corrected chi connectivity index (χ3v) is 3.77. The number of rotatable bonds is 7. The monoisotopic (exact) mass is 351 g/mol. The largest absolute Gasteiger partial charge is 0.352 e. The molecule has 2 N–H and O–H groups in total. The Kier molecular flexibility index (Phi) is 7.99. The lowest BCUT2D eigenvalue weighted by Crippen LogP contribution is -2.26. The van der Waals surface area contributed by atoms with Crippen molar-refractivity contribution in [1.82, 2.24) is 10.6 Å². The van der Waals surface area contributed by atoms with Gasteiger partial charge in [-0.15, -0.1) is 12.4 Å². The zero-order valence-corrected chi connectivity index (χ0v) is 13.8. The van der Waals surface area contributed by atoms with Gasteiger partial charge in [0.05, 0.1) is 9.82 Å². The van der Waals surface area contributed by atoms with Gasteiger partial charge in [0.25, 0.3) is 11.6 Å². The van der Waals surface area contributed by atoms with E-state index >= 15 is 0 Å². The quantitative estimate of drug-likeness (QED) is 0.425. The van der Waals surface area contributed by atoms with E-state index in [-0.39, 0.29) is 22.9 Å². The summed E-state index contributed by atoms with van der Waals surface area (Å²) in [6.45, 7) is 1.10. The molecular weight excluding hydrogens is 334 g/mol. The molecule has 0 unspecified atom stereocenters. The Balaban J connectivity index is 0.00000441. The average Bonchev–Trinajstić information content (AvgIpc) is 2.41. The molecule has 0 bridgehead atoms. The molecule has 0 aliphatic carbocycles. The summed E-state index contributed by atoms with van der Waals surface area (Å²) in [7, 11) is -1.86. The number of hydrogen-bond donors (Lipinski definition) is 2. The van der Waals surface area contributed by atoms with Gasteiger partial charge in [-0.2, -0.15) is 0 Å². The van der Waals surface area contributed by atoms with Crippen LogP contribution in [0.5, 0.6) is 0 Å². The Bertz CT molecular complexity index is 648. The Hall–Kier alpha value is -1.71. The summed E-state index contributed by atoms with van der Waals surface area (Å²) in [4.78, 5) is 21.8. The van der Waals surface area contributed by atoms with Crippen molar-refractivity contribution >= 4 is 33.8 Å². The number of nitro benzene ring substituents is 1. The van der Waals surface area contributed by atoms with Crippen molar-refractivity contribution < 1.29 is 18.1 Å². The topological polar surface area (TPSA) is 118 Å². The summed E-state index contributed by atoms with van der Waals surface area (Å²) in [6.07, 6.45) is 1.62. The van der Waals surface area contributed by atoms with Gasteiger partial charge < -0.3 is 10.6 Å². The Labute approximate surface area is 134 Å². The number of halogens is 1. The van der Waals surface area contributed by atoms with E-state index in [0.29, 0.717) is 19.5 Å².